The number of benzene rings is 1. The Morgan fingerprint density at radius 2 is 2.26 bits per heavy atom. The fourth-order valence-electron chi connectivity index (χ4n) is 2.51. The van der Waals surface area contributed by atoms with Gasteiger partial charge >= 0.3 is 0 Å². The SMILES string of the molecule is O=Cc1ccc(N2CCCCC2CO)c([N+](=O)[O-])c1. The normalized spacial score (nSPS) is 19.2. The molecule has 1 saturated heterocycles. The molecule has 6 nitrogen and oxygen atoms in total. The van der Waals surface area contributed by atoms with Crippen molar-refractivity contribution in [2.45, 2.75) is 25.3 Å². The van der Waals surface area contributed by atoms with Gasteiger partial charge in [-0.05, 0) is 31.4 Å². The van der Waals surface area contributed by atoms with Crippen molar-refractivity contribution in [3.05, 3.63) is 33.9 Å². The number of rotatable bonds is 4. The molecule has 0 aliphatic carbocycles. The molecule has 2 rings (SSSR count). The van der Waals surface area contributed by atoms with Gasteiger partial charge in [-0.3, -0.25) is 14.9 Å². The molecule has 0 bridgehead atoms. The zero-order valence-electron chi connectivity index (χ0n) is 10.5. The largest absolute Gasteiger partial charge is 0.394 e. The van der Waals surface area contributed by atoms with Crippen LogP contribution in [0.2, 0.25) is 0 Å². The molecule has 1 aliphatic heterocycles. The average molecular weight is 264 g/mol. The first-order chi connectivity index (χ1) is 9.17. The van der Waals surface area contributed by atoms with E-state index in [4.69, 9.17) is 0 Å². The van der Waals surface area contributed by atoms with E-state index in [1.165, 1.54) is 6.07 Å². The molecule has 102 valence electrons. The lowest BCUT2D eigenvalue weighted by Crippen LogP contribution is -2.42. The number of carbonyl (C=O) groups excluding carboxylic acids is 1. The van der Waals surface area contributed by atoms with Crippen molar-refractivity contribution in [2.24, 2.45) is 0 Å². The van der Waals surface area contributed by atoms with Crippen LogP contribution in [0.1, 0.15) is 29.6 Å². The highest BCUT2D eigenvalue weighted by atomic mass is 16.6. The van der Waals surface area contributed by atoms with E-state index in [9.17, 15) is 20.0 Å². The third-order valence-corrected chi connectivity index (χ3v) is 3.48. The molecule has 1 atom stereocenters. The molecule has 1 aromatic rings. The molecular formula is C13H16N2O4. The van der Waals surface area contributed by atoms with E-state index >= 15 is 0 Å². The van der Waals surface area contributed by atoms with Gasteiger partial charge in [0.25, 0.3) is 5.69 Å². The lowest BCUT2D eigenvalue weighted by Gasteiger charge is -2.36. The van der Waals surface area contributed by atoms with Crippen LogP contribution in [0.4, 0.5) is 11.4 Å². The van der Waals surface area contributed by atoms with Crippen molar-refractivity contribution in [1.82, 2.24) is 0 Å². The molecule has 6 heteroatoms. The first kappa shape index (κ1) is 13.5. The summed E-state index contributed by atoms with van der Waals surface area (Å²) in [6.07, 6.45) is 3.38. The van der Waals surface area contributed by atoms with Gasteiger partial charge in [0.2, 0.25) is 0 Å². The smallest absolute Gasteiger partial charge is 0.293 e. The predicted octanol–water partition coefficient (Wildman–Crippen LogP) is 1.76. The Labute approximate surface area is 110 Å². The molecule has 1 N–H and O–H groups in total. The van der Waals surface area contributed by atoms with E-state index in [1.807, 2.05) is 4.90 Å². The van der Waals surface area contributed by atoms with Crippen LogP contribution in [0.5, 0.6) is 0 Å². The zero-order valence-corrected chi connectivity index (χ0v) is 10.5. The highest BCUT2D eigenvalue weighted by molar-refractivity contribution is 5.79. The highest BCUT2D eigenvalue weighted by Gasteiger charge is 2.27. The van der Waals surface area contributed by atoms with Crippen LogP contribution in [-0.2, 0) is 0 Å². The van der Waals surface area contributed by atoms with E-state index < -0.39 is 4.92 Å². The van der Waals surface area contributed by atoms with Gasteiger partial charge in [0.15, 0.2) is 0 Å². The Bertz CT molecular complexity index is 490. The summed E-state index contributed by atoms with van der Waals surface area (Å²) < 4.78 is 0. The standard InChI is InChI=1S/C13H16N2O4/c16-8-10-4-5-12(13(7-10)15(18)19)14-6-2-1-3-11(14)9-17/h4-5,7-8,11,17H,1-3,6,9H2. The van der Waals surface area contributed by atoms with Crippen LogP contribution in [0.3, 0.4) is 0 Å². The zero-order chi connectivity index (χ0) is 13.8. The van der Waals surface area contributed by atoms with Crippen LogP contribution in [0.25, 0.3) is 0 Å². The van der Waals surface area contributed by atoms with Crippen LogP contribution in [0.15, 0.2) is 18.2 Å². The van der Waals surface area contributed by atoms with E-state index in [2.05, 4.69) is 0 Å². The van der Waals surface area contributed by atoms with Crippen molar-refractivity contribution in [1.29, 1.82) is 0 Å². The quantitative estimate of drug-likeness (QED) is 0.509. The monoisotopic (exact) mass is 264 g/mol. The highest BCUT2D eigenvalue weighted by Crippen LogP contribution is 2.33. The number of carbonyl (C=O) groups is 1. The molecule has 0 spiro atoms. The van der Waals surface area contributed by atoms with Gasteiger partial charge in [-0.1, -0.05) is 0 Å². The van der Waals surface area contributed by atoms with Crippen LogP contribution in [-0.4, -0.2) is 35.5 Å². The second-order valence-electron chi connectivity index (χ2n) is 4.65. The Hall–Kier alpha value is -1.95. The Morgan fingerprint density at radius 3 is 2.89 bits per heavy atom. The third-order valence-electron chi connectivity index (χ3n) is 3.48. The summed E-state index contributed by atoms with van der Waals surface area (Å²) in [5, 5.41) is 20.5. The fourth-order valence-corrected chi connectivity index (χ4v) is 2.51. The van der Waals surface area contributed by atoms with Gasteiger partial charge in [-0.2, -0.15) is 0 Å². The molecule has 0 saturated carbocycles. The van der Waals surface area contributed by atoms with Crippen molar-refractivity contribution in [3.63, 3.8) is 0 Å². The van der Waals surface area contributed by atoms with E-state index in [0.717, 1.165) is 19.3 Å². The summed E-state index contributed by atoms with van der Waals surface area (Å²) in [7, 11) is 0. The maximum Gasteiger partial charge on any atom is 0.293 e. The Morgan fingerprint density at radius 1 is 1.47 bits per heavy atom. The predicted molar refractivity (Wildman–Crippen MR) is 70.6 cm³/mol. The second-order valence-corrected chi connectivity index (χ2v) is 4.65. The average Bonchev–Trinajstić information content (AvgIpc) is 2.46. The van der Waals surface area contributed by atoms with E-state index in [-0.39, 0.29) is 23.9 Å². The maximum atomic E-state index is 11.1. The van der Waals surface area contributed by atoms with Crippen molar-refractivity contribution in [2.75, 3.05) is 18.1 Å². The van der Waals surface area contributed by atoms with Crippen LogP contribution >= 0.6 is 0 Å². The van der Waals surface area contributed by atoms with Gasteiger partial charge in [-0.15, -0.1) is 0 Å². The lowest BCUT2D eigenvalue weighted by molar-refractivity contribution is -0.384. The summed E-state index contributed by atoms with van der Waals surface area (Å²) in [6.45, 7) is 0.666. The summed E-state index contributed by atoms with van der Waals surface area (Å²) >= 11 is 0. The van der Waals surface area contributed by atoms with Gasteiger partial charge in [0.1, 0.15) is 12.0 Å². The number of nitro groups is 1. The minimum Gasteiger partial charge on any atom is -0.394 e. The molecule has 19 heavy (non-hydrogen) atoms. The maximum absolute atomic E-state index is 11.1. The molecule has 0 radical (unpaired) electrons. The summed E-state index contributed by atoms with van der Waals surface area (Å²) in [5.74, 6) is 0. The van der Waals surface area contributed by atoms with Gasteiger partial charge in [0.05, 0.1) is 17.6 Å². The minimum atomic E-state index is -0.481. The number of nitrogens with zero attached hydrogens (tertiary/aromatic N) is 2. The van der Waals surface area contributed by atoms with E-state index in [0.29, 0.717) is 18.5 Å². The van der Waals surface area contributed by atoms with Gasteiger partial charge < -0.3 is 10.0 Å². The number of aliphatic hydroxyl groups is 1. The van der Waals surface area contributed by atoms with E-state index in [1.54, 1.807) is 12.1 Å². The Kier molecular flexibility index (Phi) is 4.11. The van der Waals surface area contributed by atoms with Gasteiger partial charge in [0, 0.05) is 18.2 Å². The number of nitro benzene ring substituents is 1. The number of anilines is 1. The minimum absolute atomic E-state index is 0.0212. The first-order valence-electron chi connectivity index (χ1n) is 6.28. The van der Waals surface area contributed by atoms with Crippen LogP contribution in [0, 0.1) is 10.1 Å². The third kappa shape index (κ3) is 2.73. The van der Waals surface area contributed by atoms with Crippen molar-refractivity contribution in [3.8, 4) is 0 Å². The molecule has 1 aliphatic rings. The number of piperidine rings is 1. The number of hydrogen-bond donors (Lipinski definition) is 1. The second kappa shape index (κ2) is 5.79. The number of aldehydes is 1. The first-order valence-corrected chi connectivity index (χ1v) is 6.28. The number of hydrogen-bond acceptors (Lipinski definition) is 5. The van der Waals surface area contributed by atoms with Crippen LogP contribution < -0.4 is 4.90 Å². The topological polar surface area (TPSA) is 83.7 Å². The lowest BCUT2D eigenvalue weighted by atomic mass is 10.0. The molecule has 1 fully saturated rings. The number of aliphatic hydroxyl groups excluding tert-OH is 1. The van der Waals surface area contributed by atoms with Gasteiger partial charge in [-0.25, -0.2) is 0 Å². The molecular weight excluding hydrogens is 248 g/mol. The van der Waals surface area contributed by atoms with Crippen molar-refractivity contribution < 1.29 is 14.8 Å². The molecule has 1 heterocycles. The summed E-state index contributed by atoms with van der Waals surface area (Å²) in [5.41, 5.74) is 0.687. The molecule has 1 aromatic carbocycles. The van der Waals surface area contributed by atoms with Crippen molar-refractivity contribution >= 4 is 17.7 Å². The Balaban J connectivity index is 2.42. The molecule has 0 aromatic heterocycles. The summed E-state index contributed by atoms with van der Waals surface area (Å²) in [6, 6.07) is 4.36. The fraction of sp³-hybridized carbons (Fsp3) is 0.462. The molecule has 1 unspecified atom stereocenters. The molecule has 0 amide bonds. The summed E-state index contributed by atoms with van der Waals surface area (Å²) in [4.78, 5) is 23.2.